The molecule has 2 rings (SSSR count). The molecular weight excluding hydrogens is 494 g/mol. The third kappa shape index (κ3) is 8.87. The second-order valence-corrected chi connectivity index (χ2v) is 7.78. The van der Waals surface area contributed by atoms with E-state index in [1.54, 1.807) is 18.2 Å². The predicted octanol–water partition coefficient (Wildman–Crippen LogP) is 3.11. The van der Waals surface area contributed by atoms with E-state index < -0.39 is 10.0 Å². The van der Waals surface area contributed by atoms with Gasteiger partial charge in [-0.25, -0.2) is 17.8 Å². The van der Waals surface area contributed by atoms with Gasteiger partial charge in [-0.2, -0.15) is 0 Å². The molecule has 0 spiro atoms. The molecule has 0 heterocycles. The lowest BCUT2D eigenvalue weighted by atomic mass is 10.1. The summed E-state index contributed by atoms with van der Waals surface area (Å²) >= 11 is 0. The van der Waals surface area contributed by atoms with E-state index in [1.165, 1.54) is 12.1 Å². The van der Waals surface area contributed by atoms with Gasteiger partial charge in [-0.05, 0) is 42.7 Å². The first-order valence-corrected chi connectivity index (χ1v) is 10.6. The van der Waals surface area contributed by atoms with Crippen LogP contribution in [0.3, 0.4) is 0 Å². The summed E-state index contributed by atoms with van der Waals surface area (Å²) in [6.45, 7) is 3.56. The number of benzene rings is 2. The highest BCUT2D eigenvalue weighted by Crippen LogP contribution is 2.17. The molecule has 0 bridgehead atoms. The molecule has 0 aromatic heterocycles. The maximum absolute atomic E-state index is 13.2. The van der Waals surface area contributed by atoms with Gasteiger partial charge in [0.1, 0.15) is 5.82 Å². The van der Waals surface area contributed by atoms with Crippen LogP contribution < -0.4 is 15.4 Å². The molecule has 3 N–H and O–H groups in total. The summed E-state index contributed by atoms with van der Waals surface area (Å²) in [5, 5.41) is 6.35. The van der Waals surface area contributed by atoms with E-state index in [0.29, 0.717) is 37.7 Å². The fourth-order valence-corrected chi connectivity index (χ4v) is 3.08. The SMILES string of the molecule is CCNC(=NCc1ccccc1NS(C)(=O)=O)NCCc1cccc(F)c1.I. The maximum atomic E-state index is 13.2. The van der Waals surface area contributed by atoms with Gasteiger partial charge in [0.2, 0.25) is 10.0 Å². The topological polar surface area (TPSA) is 82.6 Å². The lowest BCUT2D eigenvalue weighted by Crippen LogP contribution is -2.38. The van der Waals surface area contributed by atoms with Crippen LogP contribution in [0.5, 0.6) is 0 Å². The van der Waals surface area contributed by atoms with Crippen LogP contribution in [0.4, 0.5) is 10.1 Å². The quantitative estimate of drug-likeness (QED) is 0.284. The number of nitrogens with one attached hydrogen (secondary N) is 3. The number of halogens is 2. The fraction of sp³-hybridized carbons (Fsp3) is 0.316. The van der Waals surface area contributed by atoms with Gasteiger partial charge >= 0.3 is 0 Å². The molecule has 28 heavy (non-hydrogen) atoms. The fourth-order valence-electron chi connectivity index (χ4n) is 2.48. The van der Waals surface area contributed by atoms with Gasteiger partial charge in [-0.1, -0.05) is 30.3 Å². The van der Waals surface area contributed by atoms with Crippen molar-refractivity contribution in [2.45, 2.75) is 19.9 Å². The Kier molecular flexibility index (Phi) is 10.2. The molecule has 0 radical (unpaired) electrons. The van der Waals surface area contributed by atoms with Crippen LogP contribution in [0, 0.1) is 5.82 Å². The lowest BCUT2D eigenvalue weighted by molar-refractivity contribution is 0.606. The van der Waals surface area contributed by atoms with Gasteiger partial charge in [0, 0.05) is 13.1 Å². The third-order valence-electron chi connectivity index (χ3n) is 3.66. The van der Waals surface area contributed by atoms with Crippen LogP contribution in [0.25, 0.3) is 0 Å². The molecule has 6 nitrogen and oxygen atoms in total. The van der Waals surface area contributed by atoms with Crippen LogP contribution in [-0.4, -0.2) is 33.7 Å². The molecule has 9 heteroatoms. The van der Waals surface area contributed by atoms with Crippen molar-refractivity contribution in [3.8, 4) is 0 Å². The van der Waals surface area contributed by atoms with Gasteiger partial charge in [0.25, 0.3) is 0 Å². The zero-order valence-electron chi connectivity index (χ0n) is 15.9. The van der Waals surface area contributed by atoms with E-state index >= 15 is 0 Å². The van der Waals surface area contributed by atoms with E-state index in [-0.39, 0.29) is 29.8 Å². The molecule has 0 amide bonds. The van der Waals surface area contributed by atoms with Crippen molar-refractivity contribution in [1.82, 2.24) is 10.6 Å². The number of anilines is 1. The maximum Gasteiger partial charge on any atom is 0.229 e. The summed E-state index contributed by atoms with van der Waals surface area (Å²) in [7, 11) is -3.36. The summed E-state index contributed by atoms with van der Waals surface area (Å²) < 4.78 is 38.7. The van der Waals surface area contributed by atoms with Gasteiger partial charge in [0.15, 0.2) is 5.96 Å². The van der Waals surface area contributed by atoms with Crippen LogP contribution in [0.1, 0.15) is 18.1 Å². The molecule has 154 valence electrons. The zero-order valence-corrected chi connectivity index (χ0v) is 19.1. The minimum Gasteiger partial charge on any atom is -0.357 e. The number of sulfonamides is 1. The molecule has 0 saturated heterocycles. The highest BCUT2D eigenvalue weighted by Gasteiger charge is 2.07. The Bertz CT molecular complexity index is 891. The Morgan fingerprint density at radius 3 is 2.54 bits per heavy atom. The van der Waals surface area contributed by atoms with Gasteiger partial charge < -0.3 is 10.6 Å². The Labute approximate surface area is 183 Å². The van der Waals surface area contributed by atoms with Crippen molar-refractivity contribution in [1.29, 1.82) is 0 Å². The van der Waals surface area contributed by atoms with Crippen molar-refractivity contribution in [2.24, 2.45) is 4.99 Å². The largest absolute Gasteiger partial charge is 0.357 e. The monoisotopic (exact) mass is 520 g/mol. The first-order chi connectivity index (χ1) is 12.9. The summed E-state index contributed by atoms with van der Waals surface area (Å²) in [5.41, 5.74) is 2.19. The van der Waals surface area contributed by atoms with Crippen molar-refractivity contribution >= 4 is 45.6 Å². The van der Waals surface area contributed by atoms with Crippen molar-refractivity contribution < 1.29 is 12.8 Å². The van der Waals surface area contributed by atoms with Gasteiger partial charge in [-0.3, -0.25) is 4.72 Å². The molecule has 0 aliphatic heterocycles. The average Bonchev–Trinajstić information content (AvgIpc) is 2.59. The Hall–Kier alpha value is -1.88. The van der Waals surface area contributed by atoms with Crippen molar-refractivity contribution in [3.63, 3.8) is 0 Å². The number of hydrogen-bond acceptors (Lipinski definition) is 3. The predicted molar refractivity (Wildman–Crippen MR) is 123 cm³/mol. The molecule has 0 fully saturated rings. The zero-order chi connectivity index (χ0) is 19.7. The van der Waals surface area contributed by atoms with Gasteiger partial charge in [0.05, 0.1) is 18.5 Å². The summed E-state index contributed by atoms with van der Waals surface area (Å²) in [6.07, 6.45) is 1.78. The van der Waals surface area contributed by atoms with E-state index in [9.17, 15) is 12.8 Å². The van der Waals surface area contributed by atoms with Crippen molar-refractivity contribution in [2.75, 3.05) is 24.1 Å². The second kappa shape index (κ2) is 11.8. The number of rotatable bonds is 8. The molecule has 2 aromatic carbocycles. The number of aliphatic imine (C=N–C) groups is 1. The number of hydrogen-bond donors (Lipinski definition) is 3. The number of para-hydroxylation sites is 1. The molecular formula is C19H26FIN4O2S. The summed E-state index contributed by atoms with van der Waals surface area (Å²) in [6, 6.07) is 13.6. The molecule has 2 aromatic rings. The summed E-state index contributed by atoms with van der Waals surface area (Å²) in [5.74, 6) is 0.367. The number of nitrogens with zero attached hydrogens (tertiary/aromatic N) is 1. The first kappa shape index (κ1) is 24.2. The molecule has 0 aliphatic rings. The van der Waals surface area contributed by atoms with Crippen LogP contribution >= 0.6 is 24.0 Å². The Balaban J connectivity index is 0.00000392. The highest BCUT2D eigenvalue weighted by atomic mass is 127. The normalized spacial score (nSPS) is 11.5. The molecule has 0 saturated carbocycles. The second-order valence-electron chi connectivity index (χ2n) is 6.03. The Morgan fingerprint density at radius 2 is 1.86 bits per heavy atom. The van der Waals surface area contributed by atoms with Crippen LogP contribution in [0.15, 0.2) is 53.5 Å². The van der Waals surface area contributed by atoms with Crippen molar-refractivity contribution in [3.05, 3.63) is 65.5 Å². The van der Waals surface area contributed by atoms with Gasteiger partial charge in [-0.15, -0.1) is 24.0 Å². The van der Waals surface area contributed by atoms with E-state index in [2.05, 4.69) is 20.3 Å². The van der Waals surface area contributed by atoms with E-state index in [0.717, 1.165) is 17.4 Å². The Morgan fingerprint density at radius 1 is 1.11 bits per heavy atom. The average molecular weight is 520 g/mol. The minimum atomic E-state index is -3.36. The molecule has 0 aliphatic carbocycles. The third-order valence-corrected chi connectivity index (χ3v) is 4.25. The summed E-state index contributed by atoms with van der Waals surface area (Å²) in [4.78, 5) is 4.51. The smallest absolute Gasteiger partial charge is 0.229 e. The lowest BCUT2D eigenvalue weighted by Gasteiger charge is -2.13. The van der Waals surface area contributed by atoms with E-state index in [4.69, 9.17) is 0 Å². The van der Waals surface area contributed by atoms with Crippen LogP contribution in [0.2, 0.25) is 0 Å². The highest BCUT2D eigenvalue weighted by molar-refractivity contribution is 14.0. The van der Waals surface area contributed by atoms with E-state index in [1.807, 2.05) is 25.1 Å². The van der Waals surface area contributed by atoms with Crippen LogP contribution in [-0.2, 0) is 23.0 Å². The molecule has 0 unspecified atom stereocenters. The molecule has 0 atom stereocenters. The standard InChI is InChI=1S/C19H25FN4O2S.HI/c1-3-21-19(22-12-11-15-7-6-9-17(20)13-15)23-14-16-8-4-5-10-18(16)24-27(2,25)26;/h4-10,13,24H,3,11-12,14H2,1-2H3,(H2,21,22,23);1H. The number of guanidine groups is 1. The minimum absolute atomic E-state index is 0. The first-order valence-electron chi connectivity index (χ1n) is 8.69.